The van der Waals surface area contributed by atoms with Crippen LogP contribution >= 0.6 is 11.3 Å². The third-order valence-electron chi connectivity index (χ3n) is 2.06. The van der Waals surface area contributed by atoms with E-state index < -0.39 is 26.8 Å². The van der Waals surface area contributed by atoms with Gasteiger partial charge in [-0.3, -0.25) is 4.21 Å². The molecule has 0 aliphatic rings. The molecule has 1 unspecified atom stereocenters. The van der Waals surface area contributed by atoms with Crippen LogP contribution in [0.15, 0.2) is 16.3 Å². The van der Waals surface area contributed by atoms with Crippen molar-refractivity contribution in [2.45, 2.75) is 11.8 Å². The third kappa shape index (κ3) is 3.87. The molecule has 2 N–H and O–H groups in total. The highest BCUT2D eigenvalue weighted by molar-refractivity contribution is 7.90. The van der Waals surface area contributed by atoms with E-state index in [1.165, 1.54) is 11.4 Å². The molecule has 18 heavy (non-hydrogen) atoms. The van der Waals surface area contributed by atoms with E-state index >= 15 is 0 Å². The highest BCUT2D eigenvalue weighted by Gasteiger charge is 2.23. The molecule has 1 aromatic heterocycles. The number of sulfonamides is 1. The number of nitrogens with one attached hydrogen (secondary N) is 1. The maximum absolute atomic E-state index is 11.8. The number of rotatable bonds is 7. The molecule has 1 heterocycles. The van der Waals surface area contributed by atoms with Crippen molar-refractivity contribution in [3.63, 3.8) is 0 Å². The highest BCUT2D eigenvalue weighted by atomic mass is 32.2. The first-order chi connectivity index (χ1) is 8.38. The number of hydrogen-bond donors (Lipinski definition) is 2. The van der Waals surface area contributed by atoms with Gasteiger partial charge in [-0.15, -0.1) is 11.3 Å². The molecule has 0 bridgehead atoms. The monoisotopic (exact) mass is 311 g/mol. The lowest BCUT2D eigenvalue weighted by Gasteiger charge is -2.05. The summed E-state index contributed by atoms with van der Waals surface area (Å²) in [6.45, 7) is 1.77. The summed E-state index contributed by atoms with van der Waals surface area (Å²) in [6.07, 6.45) is 0. The van der Waals surface area contributed by atoms with E-state index in [0.717, 1.165) is 11.3 Å². The molecule has 0 radical (unpaired) electrons. The standard InChI is InChI=1S/C9H13NO5S3/c1-2-17(13)6-4-10-18(14,15)7-3-5-16-8(7)9(11)12/h3,5,10H,2,4,6H2,1H3,(H,11,12). The van der Waals surface area contributed by atoms with E-state index in [9.17, 15) is 17.4 Å². The summed E-state index contributed by atoms with van der Waals surface area (Å²) in [4.78, 5) is 10.4. The van der Waals surface area contributed by atoms with E-state index in [2.05, 4.69) is 4.72 Å². The minimum absolute atomic E-state index is 0.0255. The van der Waals surface area contributed by atoms with Gasteiger partial charge in [-0.2, -0.15) is 0 Å². The number of carboxylic acids is 1. The van der Waals surface area contributed by atoms with Crippen LogP contribution in [0.4, 0.5) is 0 Å². The molecule has 0 amide bonds. The number of thiophene rings is 1. The van der Waals surface area contributed by atoms with Crippen LogP contribution in [0.25, 0.3) is 0 Å². The Morgan fingerprint density at radius 1 is 1.56 bits per heavy atom. The van der Waals surface area contributed by atoms with Gasteiger partial charge in [0.2, 0.25) is 10.0 Å². The fourth-order valence-corrected chi connectivity index (χ4v) is 4.21. The predicted molar refractivity (Wildman–Crippen MR) is 70.0 cm³/mol. The molecular formula is C9H13NO5S3. The first kappa shape index (κ1) is 15.3. The van der Waals surface area contributed by atoms with Crippen molar-refractivity contribution in [1.29, 1.82) is 0 Å². The Morgan fingerprint density at radius 3 is 2.78 bits per heavy atom. The van der Waals surface area contributed by atoms with Crippen molar-refractivity contribution >= 4 is 38.1 Å². The van der Waals surface area contributed by atoms with Crippen molar-refractivity contribution in [3.8, 4) is 0 Å². The minimum atomic E-state index is -3.85. The Bertz CT molecular complexity index is 548. The Hall–Kier alpha value is -0.770. The van der Waals surface area contributed by atoms with Crippen molar-refractivity contribution < 1.29 is 22.5 Å². The van der Waals surface area contributed by atoms with Gasteiger partial charge in [0.15, 0.2) is 0 Å². The number of aromatic carboxylic acids is 1. The first-order valence-corrected chi connectivity index (χ1v) is 8.89. The zero-order valence-corrected chi connectivity index (χ0v) is 12.0. The molecule has 0 saturated heterocycles. The fourth-order valence-electron chi connectivity index (χ4n) is 1.18. The molecule has 1 rings (SSSR count). The first-order valence-electron chi connectivity index (χ1n) is 5.04. The quantitative estimate of drug-likeness (QED) is 0.763. The molecule has 1 aromatic rings. The summed E-state index contributed by atoms with van der Waals surface area (Å²) in [5.74, 6) is -0.606. The Labute approximate surface area is 112 Å². The summed E-state index contributed by atoms with van der Waals surface area (Å²) >= 11 is 0.850. The molecule has 0 aliphatic carbocycles. The van der Waals surface area contributed by atoms with Crippen LogP contribution < -0.4 is 4.72 Å². The second-order valence-electron chi connectivity index (χ2n) is 3.25. The third-order valence-corrected chi connectivity index (χ3v) is 5.90. The van der Waals surface area contributed by atoms with E-state index in [0.29, 0.717) is 5.75 Å². The number of carboxylic acid groups (broad SMARTS) is 1. The molecule has 6 nitrogen and oxygen atoms in total. The maximum atomic E-state index is 11.8. The Morgan fingerprint density at radius 2 is 2.22 bits per heavy atom. The SMILES string of the molecule is CCS(=O)CCNS(=O)(=O)c1ccsc1C(=O)O. The van der Waals surface area contributed by atoms with Crippen LogP contribution in [-0.4, -0.2) is 41.8 Å². The van der Waals surface area contributed by atoms with E-state index in [-0.39, 0.29) is 22.1 Å². The van der Waals surface area contributed by atoms with Gasteiger partial charge in [-0.1, -0.05) is 6.92 Å². The van der Waals surface area contributed by atoms with Gasteiger partial charge in [0, 0.05) is 28.9 Å². The lowest BCUT2D eigenvalue weighted by Crippen LogP contribution is -2.28. The van der Waals surface area contributed by atoms with Gasteiger partial charge < -0.3 is 5.11 Å². The zero-order valence-electron chi connectivity index (χ0n) is 9.58. The molecule has 0 aromatic carbocycles. The van der Waals surface area contributed by atoms with Crippen molar-refractivity contribution in [1.82, 2.24) is 4.72 Å². The molecule has 9 heteroatoms. The van der Waals surface area contributed by atoms with Crippen molar-refractivity contribution in [2.24, 2.45) is 0 Å². The molecule has 0 aliphatic heterocycles. The topological polar surface area (TPSA) is 101 Å². The molecule has 0 saturated carbocycles. The van der Waals surface area contributed by atoms with E-state index in [1.54, 1.807) is 6.92 Å². The van der Waals surface area contributed by atoms with Crippen LogP contribution in [0, 0.1) is 0 Å². The minimum Gasteiger partial charge on any atom is -0.477 e. The molecule has 0 spiro atoms. The lowest BCUT2D eigenvalue weighted by atomic mass is 10.5. The summed E-state index contributed by atoms with van der Waals surface area (Å²) in [5.41, 5.74) is 0. The van der Waals surface area contributed by atoms with Crippen LogP contribution in [0.1, 0.15) is 16.6 Å². The number of hydrogen-bond acceptors (Lipinski definition) is 5. The molecule has 0 fully saturated rings. The van der Waals surface area contributed by atoms with Crippen LogP contribution in [0.3, 0.4) is 0 Å². The summed E-state index contributed by atoms with van der Waals surface area (Å²) in [5, 5.41) is 10.2. The van der Waals surface area contributed by atoms with Gasteiger partial charge in [0.25, 0.3) is 0 Å². The molecule has 102 valence electrons. The summed E-state index contributed by atoms with van der Waals surface area (Å²) in [7, 11) is -4.91. The Kier molecular flexibility index (Phi) is 5.45. The average molecular weight is 311 g/mol. The lowest BCUT2D eigenvalue weighted by molar-refractivity contribution is 0.0698. The normalized spacial score (nSPS) is 13.4. The van der Waals surface area contributed by atoms with Gasteiger partial charge in [0.1, 0.15) is 9.77 Å². The summed E-state index contributed by atoms with van der Waals surface area (Å²) in [6, 6.07) is 1.24. The smallest absolute Gasteiger partial charge is 0.347 e. The van der Waals surface area contributed by atoms with Crippen LogP contribution in [-0.2, 0) is 20.8 Å². The highest BCUT2D eigenvalue weighted by Crippen LogP contribution is 2.21. The van der Waals surface area contributed by atoms with Crippen molar-refractivity contribution in [3.05, 3.63) is 16.3 Å². The summed E-state index contributed by atoms with van der Waals surface area (Å²) < 4.78 is 37.0. The van der Waals surface area contributed by atoms with Gasteiger partial charge >= 0.3 is 5.97 Å². The van der Waals surface area contributed by atoms with Gasteiger partial charge in [-0.25, -0.2) is 17.9 Å². The van der Waals surface area contributed by atoms with Crippen LogP contribution in [0.5, 0.6) is 0 Å². The Balaban J connectivity index is 2.78. The number of carbonyl (C=O) groups is 1. The predicted octanol–water partition coefficient (Wildman–Crippen LogP) is 0.493. The zero-order chi connectivity index (χ0) is 13.8. The maximum Gasteiger partial charge on any atom is 0.347 e. The largest absolute Gasteiger partial charge is 0.477 e. The van der Waals surface area contributed by atoms with E-state index in [1.807, 2.05) is 0 Å². The van der Waals surface area contributed by atoms with Gasteiger partial charge in [0.05, 0.1) is 0 Å². The molecule has 1 atom stereocenters. The van der Waals surface area contributed by atoms with Gasteiger partial charge in [-0.05, 0) is 11.4 Å². The second-order valence-corrected chi connectivity index (χ2v) is 7.77. The van der Waals surface area contributed by atoms with E-state index in [4.69, 9.17) is 5.11 Å². The van der Waals surface area contributed by atoms with Crippen LogP contribution in [0.2, 0.25) is 0 Å². The second kappa shape index (κ2) is 6.41. The van der Waals surface area contributed by atoms with Crippen molar-refractivity contribution in [2.75, 3.05) is 18.1 Å². The molecular weight excluding hydrogens is 298 g/mol. The average Bonchev–Trinajstić information content (AvgIpc) is 2.78. The fraction of sp³-hybridized carbons (Fsp3) is 0.444.